The number of halogens is 2. The highest BCUT2D eigenvalue weighted by Crippen LogP contribution is 2.32. The average molecular weight is 266 g/mol. The molecule has 1 aliphatic heterocycles. The van der Waals surface area contributed by atoms with Gasteiger partial charge in [0.2, 0.25) is 0 Å². The molecule has 0 fully saturated rings. The molecule has 0 radical (unpaired) electrons. The van der Waals surface area contributed by atoms with Crippen LogP contribution in [0.1, 0.15) is 23.8 Å². The number of nitrogens with zero attached hydrogens (tertiary/aromatic N) is 2. The molecule has 6 heteroatoms. The maximum atomic E-state index is 13.6. The molecule has 3 nitrogen and oxygen atoms in total. The first-order valence-corrected chi connectivity index (χ1v) is 6.25. The van der Waals surface area contributed by atoms with Crippen molar-refractivity contribution in [2.75, 3.05) is 0 Å². The van der Waals surface area contributed by atoms with Crippen molar-refractivity contribution in [2.45, 2.75) is 12.5 Å². The first-order chi connectivity index (χ1) is 8.75. The zero-order valence-corrected chi connectivity index (χ0v) is 9.95. The van der Waals surface area contributed by atoms with Crippen LogP contribution in [0.15, 0.2) is 34.2 Å². The molecule has 1 atom stereocenters. The van der Waals surface area contributed by atoms with E-state index in [-0.39, 0.29) is 5.56 Å². The second-order valence-electron chi connectivity index (χ2n) is 3.85. The minimum Gasteiger partial charge on any atom is -0.387 e. The fraction of sp³-hybridized carbons (Fsp3) is 0.167. The summed E-state index contributed by atoms with van der Waals surface area (Å²) < 4.78 is 27.2. The minimum absolute atomic E-state index is 0.0773. The topological polar surface area (TPSA) is 34.5 Å². The summed E-state index contributed by atoms with van der Waals surface area (Å²) in [5, 5.41) is 5.67. The SMILES string of the molecule is Fc1cccc(F)c1[C@@H]1CC(c2cscn2)=NO1. The van der Waals surface area contributed by atoms with Crippen molar-refractivity contribution < 1.29 is 13.6 Å². The highest BCUT2D eigenvalue weighted by molar-refractivity contribution is 7.07. The van der Waals surface area contributed by atoms with Gasteiger partial charge in [-0.1, -0.05) is 11.2 Å². The average Bonchev–Trinajstić information content (AvgIpc) is 2.99. The van der Waals surface area contributed by atoms with Crippen molar-refractivity contribution in [3.05, 3.63) is 52.0 Å². The number of benzene rings is 1. The second-order valence-corrected chi connectivity index (χ2v) is 4.56. The normalized spacial score (nSPS) is 18.6. The van der Waals surface area contributed by atoms with E-state index in [1.165, 1.54) is 29.5 Å². The van der Waals surface area contributed by atoms with E-state index in [1.54, 1.807) is 5.51 Å². The third kappa shape index (κ3) is 1.88. The van der Waals surface area contributed by atoms with Crippen LogP contribution in [0.4, 0.5) is 8.78 Å². The van der Waals surface area contributed by atoms with Gasteiger partial charge in [0.1, 0.15) is 17.3 Å². The van der Waals surface area contributed by atoms with Gasteiger partial charge in [-0.3, -0.25) is 0 Å². The number of aromatic nitrogens is 1. The monoisotopic (exact) mass is 266 g/mol. The van der Waals surface area contributed by atoms with Crippen LogP contribution in [0, 0.1) is 11.6 Å². The standard InChI is InChI=1S/C12H8F2N2OS/c13-7-2-1-3-8(14)12(7)11-4-9(16-17-11)10-5-18-6-15-10/h1-3,5-6,11H,4H2/t11-/m0/s1. The second kappa shape index (κ2) is 4.45. The number of hydrogen-bond acceptors (Lipinski definition) is 4. The van der Waals surface area contributed by atoms with E-state index in [0.29, 0.717) is 17.8 Å². The van der Waals surface area contributed by atoms with E-state index >= 15 is 0 Å². The van der Waals surface area contributed by atoms with Crippen LogP contribution in [0.5, 0.6) is 0 Å². The zero-order valence-electron chi connectivity index (χ0n) is 9.14. The lowest BCUT2D eigenvalue weighted by molar-refractivity contribution is 0.0800. The fourth-order valence-corrected chi connectivity index (χ4v) is 2.42. The number of oxime groups is 1. The lowest BCUT2D eigenvalue weighted by atomic mass is 10.0. The highest BCUT2D eigenvalue weighted by Gasteiger charge is 2.29. The van der Waals surface area contributed by atoms with Gasteiger partial charge in [0.05, 0.1) is 16.8 Å². The third-order valence-corrected chi connectivity index (χ3v) is 3.31. The van der Waals surface area contributed by atoms with Gasteiger partial charge in [0.25, 0.3) is 0 Å². The summed E-state index contributed by atoms with van der Waals surface area (Å²) in [4.78, 5) is 9.20. The van der Waals surface area contributed by atoms with Crippen molar-refractivity contribution in [1.29, 1.82) is 0 Å². The Kier molecular flexibility index (Phi) is 2.79. The van der Waals surface area contributed by atoms with Crippen LogP contribution in [0.25, 0.3) is 0 Å². The van der Waals surface area contributed by atoms with Crippen LogP contribution in [-0.2, 0) is 4.84 Å². The van der Waals surface area contributed by atoms with Gasteiger partial charge >= 0.3 is 0 Å². The van der Waals surface area contributed by atoms with Crippen LogP contribution in [0.3, 0.4) is 0 Å². The van der Waals surface area contributed by atoms with Gasteiger partial charge in [-0.05, 0) is 12.1 Å². The van der Waals surface area contributed by atoms with Gasteiger partial charge in [-0.2, -0.15) is 0 Å². The van der Waals surface area contributed by atoms with Gasteiger partial charge in [0, 0.05) is 11.8 Å². The molecular weight excluding hydrogens is 258 g/mol. The van der Waals surface area contributed by atoms with Crippen molar-refractivity contribution >= 4 is 17.0 Å². The number of rotatable bonds is 2. The Morgan fingerprint density at radius 2 is 2.06 bits per heavy atom. The summed E-state index contributed by atoms with van der Waals surface area (Å²) >= 11 is 1.43. The van der Waals surface area contributed by atoms with Crippen molar-refractivity contribution in [3.63, 3.8) is 0 Å². The molecule has 0 saturated heterocycles. The molecule has 0 spiro atoms. The Hall–Kier alpha value is -1.82. The Balaban J connectivity index is 1.86. The molecule has 1 aliphatic rings. The molecule has 92 valence electrons. The van der Waals surface area contributed by atoms with Crippen LogP contribution in [0.2, 0.25) is 0 Å². The number of hydrogen-bond donors (Lipinski definition) is 0. The molecule has 2 heterocycles. The first-order valence-electron chi connectivity index (χ1n) is 5.31. The molecule has 18 heavy (non-hydrogen) atoms. The van der Waals surface area contributed by atoms with Gasteiger partial charge in [0.15, 0.2) is 6.10 Å². The lowest BCUT2D eigenvalue weighted by Crippen LogP contribution is -2.06. The zero-order chi connectivity index (χ0) is 12.5. The molecule has 0 amide bonds. The molecule has 0 saturated carbocycles. The summed E-state index contributed by atoms with van der Waals surface area (Å²) in [7, 11) is 0. The first kappa shape index (κ1) is 11.3. The molecule has 1 aromatic heterocycles. The number of thiazole rings is 1. The van der Waals surface area contributed by atoms with E-state index < -0.39 is 17.7 Å². The van der Waals surface area contributed by atoms with E-state index in [4.69, 9.17) is 4.84 Å². The van der Waals surface area contributed by atoms with Crippen molar-refractivity contribution in [2.24, 2.45) is 5.16 Å². The molecular formula is C12H8F2N2OS. The summed E-state index contributed by atoms with van der Waals surface area (Å²) in [6.07, 6.45) is -0.399. The van der Waals surface area contributed by atoms with E-state index in [2.05, 4.69) is 10.1 Å². The van der Waals surface area contributed by atoms with E-state index in [1.807, 2.05) is 5.38 Å². The summed E-state index contributed by atoms with van der Waals surface area (Å²) in [6, 6.07) is 3.75. The maximum absolute atomic E-state index is 13.6. The summed E-state index contributed by atoms with van der Waals surface area (Å²) in [6.45, 7) is 0. The summed E-state index contributed by atoms with van der Waals surface area (Å²) in [5.74, 6) is -1.23. The van der Waals surface area contributed by atoms with Crippen LogP contribution in [-0.4, -0.2) is 10.7 Å². The predicted molar refractivity (Wildman–Crippen MR) is 63.5 cm³/mol. The van der Waals surface area contributed by atoms with Gasteiger partial charge in [-0.15, -0.1) is 11.3 Å². The molecule has 0 bridgehead atoms. The quantitative estimate of drug-likeness (QED) is 0.836. The van der Waals surface area contributed by atoms with Gasteiger partial charge in [-0.25, -0.2) is 13.8 Å². The Morgan fingerprint density at radius 1 is 1.28 bits per heavy atom. The molecule has 0 aliphatic carbocycles. The minimum atomic E-state index is -0.720. The molecule has 1 aromatic carbocycles. The fourth-order valence-electron chi connectivity index (χ4n) is 1.86. The highest BCUT2D eigenvalue weighted by atomic mass is 32.1. The maximum Gasteiger partial charge on any atom is 0.164 e. The third-order valence-electron chi connectivity index (χ3n) is 2.72. The van der Waals surface area contributed by atoms with Crippen LogP contribution < -0.4 is 0 Å². The Bertz CT molecular complexity index is 578. The lowest BCUT2D eigenvalue weighted by Gasteiger charge is -2.10. The predicted octanol–water partition coefficient (Wildman–Crippen LogP) is 3.29. The smallest absolute Gasteiger partial charge is 0.164 e. The molecule has 0 N–H and O–H groups in total. The van der Waals surface area contributed by atoms with E-state index in [9.17, 15) is 8.78 Å². The molecule has 0 unspecified atom stereocenters. The van der Waals surface area contributed by atoms with Crippen molar-refractivity contribution in [1.82, 2.24) is 4.98 Å². The Labute approximate surface area is 106 Å². The summed E-state index contributed by atoms with van der Waals surface area (Å²) in [5.41, 5.74) is 2.91. The largest absolute Gasteiger partial charge is 0.387 e. The molecule has 2 aromatic rings. The van der Waals surface area contributed by atoms with Crippen LogP contribution >= 0.6 is 11.3 Å². The molecule has 3 rings (SSSR count). The van der Waals surface area contributed by atoms with Gasteiger partial charge < -0.3 is 4.84 Å². The van der Waals surface area contributed by atoms with E-state index in [0.717, 1.165) is 0 Å². The van der Waals surface area contributed by atoms with Crippen molar-refractivity contribution in [3.8, 4) is 0 Å². The Morgan fingerprint density at radius 3 is 2.72 bits per heavy atom.